The number of halogens is 3. The Kier molecular flexibility index (Phi) is 5.37. The standard InChI is InChI=1S/C19H21F3N6O/c1-3-27-5-4-15(18(27)11-6-13(20)17(22)14(21)7-11)26-16-8-12(9-29-2)25-19-23-10-24-28(16)19/h6-8,10,15,18,26H,3-5,9H2,1-2H3. The molecule has 1 aromatic carbocycles. The number of nitrogens with zero attached hydrogens (tertiary/aromatic N) is 5. The van der Waals surface area contributed by atoms with Crippen LogP contribution in [0.1, 0.15) is 30.6 Å². The van der Waals surface area contributed by atoms with Crippen molar-refractivity contribution in [1.82, 2.24) is 24.5 Å². The molecule has 10 heteroatoms. The molecule has 0 amide bonds. The van der Waals surface area contributed by atoms with Crippen LogP contribution in [0.25, 0.3) is 5.78 Å². The number of rotatable bonds is 6. The fraction of sp³-hybridized carbons (Fsp3) is 0.421. The summed E-state index contributed by atoms with van der Waals surface area (Å²) in [5.74, 6) is -2.77. The molecule has 4 rings (SSSR count). The van der Waals surface area contributed by atoms with E-state index in [0.717, 1.165) is 25.1 Å². The number of benzene rings is 1. The minimum atomic E-state index is -1.46. The zero-order chi connectivity index (χ0) is 20.5. The molecule has 1 saturated heterocycles. The lowest BCUT2D eigenvalue weighted by atomic mass is 9.99. The second kappa shape index (κ2) is 7.96. The van der Waals surface area contributed by atoms with E-state index in [2.05, 4.69) is 25.3 Å². The third-order valence-corrected chi connectivity index (χ3v) is 5.19. The summed E-state index contributed by atoms with van der Waals surface area (Å²) >= 11 is 0. The number of nitrogens with one attached hydrogen (secondary N) is 1. The summed E-state index contributed by atoms with van der Waals surface area (Å²) in [7, 11) is 1.58. The Morgan fingerprint density at radius 2 is 1.97 bits per heavy atom. The van der Waals surface area contributed by atoms with Gasteiger partial charge in [0.15, 0.2) is 17.5 Å². The number of aromatic nitrogens is 4. The third-order valence-electron chi connectivity index (χ3n) is 5.19. The smallest absolute Gasteiger partial charge is 0.254 e. The lowest BCUT2D eigenvalue weighted by Crippen LogP contribution is -2.32. The number of anilines is 1. The van der Waals surface area contributed by atoms with Crippen LogP contribution in [0.3, 0.4) is 0 Å². The maximum Gasteiger partial charge on any atom is 0.254 e. The van der Waals surface area contributed by atoms with E-state index >= 15 is 0 Å². The molecule has 1 N–H and O–H groups in total. The molecule has 2 unspecified atom stereocenters. The van der Waals surface area contributed by atoms with Crippen molar-refractivity contribution in [3.63, 3.8) is 0 Å². The number of fused-ring (bicyclic) bond motifs is 1. The van der Waals surface area contributed by atoms with Crippen molar-refractivity contribution in [2.75, 3.05) is 25.5 Å². The highest BCUT2D eigenvalue weighted by Gasteiger charge is 2.36. The van der Waals surface area contributed by atoms with Gasteiger partial charge in [-0.15, -0.1) is 0 Å². The summed E-state index contributed by atoms with van der Waals surface area (Å²) in [5.41, 5.74) is 1.07. The molecule has 3 aromatic rings. The Labute approximate surface area is 165 Å². The first kappa shape index (κ1) is 19.6. The molecule has 2 aromatic heterocycles. The molecule has 29 heavy (non-hydrogen) atoms. The summed E-state index contributed by atoms with van der Waals surface area (Å²) < 4.78 is 48.0. The Morgan fingerprint density at radius 1 is 1.21 bits per heavy atom. The Hall–Kier alpha value is -2.72. The Bertz CT molecular complexity index is 1000. The molecule has 0 aliphatic carbocycles. The summed E-state index contributed by atoms with van der Waals surface area (Å²) in [6.07, 6.45) is 2.14. The van der Waals surface area contributed by atoms with Crippen LogP contribution in [0.4, 0.5) is 19.0 Å². The molecule has 7 nitrogen and oxygen atoms in total. The van der Waals surface area contributed by atoms with Gasteiger partial charge in [-0.05, 0) is 30.7 Å². The van der Waals surface area contributed by atoms with Crippen LogP contribution >= 0.6 is 0 Å². The number of ether oxygens (including phenoxy) is 1. The highest BCUT2D eigenvalue weighted by Crippen LogP contribution is 2.35. The number of methoxy groups -OCH3 is 1. The number of likely N-dealkylation sites (tertiary alicyclic amines) is 1. The number of hydrogen-bond donors (Lipinski definition) is 1. The van der Waals surface area contributed by atoms with E-state index in [1.165, 1.54) is 6.33 Å². The summed E-state index contributed by atoms with van der Waals surface area (Å²) in [6, 6.07) is 3.44. The Balaban J connectivity index is 1.71. The molecule has 2 atom stereocenters. The predicted molar refractivity (Wildman–Crippen MR) is 99.8 cm³/mol. The summed E-state index contributed by atoms with van der Waals surface area (Å²) in [4.78, 5) is 10.6. The quantitative estimate of drug-likeness (QED) is 0.635. The molecule has 1 aliphatic rings. The highest BCUT2D eigenvalue weighted by molar-refractivity contribution is 5.46. The molecule has 1 aliphatic heterocycles. The zero-order valence-electron chi connectivity index (χ0n) is 16.1. The molecule has 1 fully saturated rings. The number of hydrogen-bond acceptors (Lipinski definition) is 6. The van der Waals surface area contributed by atoms with Crippen molar-refractivity contribution in [2.45, 2.75) is 32.0 Å². The lowest BCUT2D eigenvalue weighted by molar-refractivity contribution is 0.181. The van der Waals surface area contributed by atoms with Gasteiger partial charge < -0.3 is 10.1 Å². The molecular weight excluding hydrogens is 385 g/mol. The van der Waals surface area contributed by atoms with E-state index in [1.807, 2.05) is 13.0 Å². The summed E-state index contributed by atoms with van der Waals surface area (Å²) in [6.45, 7) is 3.70. The molecule has 0 bridgehead atoms. The normalized spacial score (nSPS) is 19.9. The largest absolute Gasteiger partial charge is 0.378 e. The van der Waals surface area contributed by atoms with E-state index in [9.17, 15) is 13.2 Å². The molecule has 0 radical (unpaired) electrons. The second-order valence-corrected chi connectivity index (χ2v) is 6.95. The van der Waals surface area contributed by atoms with Gasteiger partial charge in [0, 0.05) is 25.8 Å². The van der Waals surface area contributed by atoms with Crippen LogP contribution in [0.15, 0.2) is 24.5 Å². The maximum atomic E-state index is 13.9. The van der Waals surface area contributed by atoms with Crippen LogP contribution in [0, 0.1) is 17.5 Å². The fourth-order valence-corrected chi connectivity index (χ4v) is 3.93. The van der Waals surface area contributed by atoms with Gasteiger partial charge >= 0.3 is 0 Å². The van der Waals surface area contributed by atoms with Gasteiger partial charge in [-0.25, -0.2) is 18.2 Å². The average molecular weight is 406 g/mol. The van der Waals surface area contributed by atoms with Crippen molar-refractivity contribution in [3.8, 4) is 0 Å². The van der Waals surface area contributed by atoms with Gasteiger partial charge in [0.1, 0.15) is 12.1 Å². The van der Waals surface area contributed by atoms with Crippen molar-refractivity contribution in [2.24, 2.45) is 0 Å². The number of likely N-dealkylation sites (N-methyl/N-ethyl adjacent to an activating group) is 1. The van der Waals surface area contributed by atoms with Crippen molar-refractivity contribution in [1.29, 1.82) is 0 Å². The van der Waals surface area contributed by atoms with Crippen LogP contribution < -0.4 is 5.32 Å². The highest BCUT2D eigenvalue weighted by atomic mass is 19.2. The first-order chi connectivity index (χ1) is 14.0. The van der Waals surface area contributed by atoms with Gasteiger partial charge in [-0.1, -0.05) is 6.92 Å². The molecule has 0 saturated carbocycles. The van der Waals surface area contributed by atoms with Gasteiger partial charge in [0.2, 0.25) is 0 Å². The van der Waals surface area contributed by atoms with Crippen molar-refractivity contribution < 1.29 is 17.9 Å². The van der Waals surface area contributed by atoms with E-state index in [-0.39, 0.29) is 12.1 Å². The van der Waals surface area contributed by atoms with E-state index in [0.29, 0.717) is 36.0 Å². The maximum absolute atomic E-state index is 13.9. The minimum Gasteiger partial charge on any atom is -0.378 e. The fourth-order valence-electron chi connectivity index (χ4n) is 3.93. The predicted octanol–water partition coefficient (Wildman–Crippen LogP) is 2.94. The van der Waals surface area contributed by atoms with Gasteiger partial charge in [0.05, 0.1) is 18.3 Å². The van der Waals surface area contributed by atoms with Crippen LogP contribution in [-0.2, 0) is 11.3 Å². The van der Waals surface area contributed by atoms with Gasteiger partial charge in [-0.2, -0.15) is 14.6 Å². The first-order valence-corrected chi connectivity index (χ1v) is 9.35. The van der Waals surface area contributed by atoms with Gasteiger partial charge in [0.25, 0.3) is 5.78 Å². The lowest BCUT2D eigenvalue weighted by Gasteiger charge is -2.29. The van der Waals surface area contributed by atoms with E-state index < -0.39 is 17.5 Å². The van der Waals surface area contributed by atoms with E-state index in [4.69, 9.17) is 4.74 Å². The molecule has 0 spiro atoms. The second-order valence-electron chi connectivity index (χ2n) is 6.95. The summed E-state index contributed by atoms with van der Waals surface area (Å²) in [5, 5.41) is 7.62. The first-order valence-electron chi connectivity index (χ1n) is 9.35. The van der Waals surface area contributed by atoms with E-state index in [1.54, 1.807) is 11.6 Å². The van der Waals surface area contributed by atoms with Gasteiger partial charge in [-0.3, -0.25) is 4.90 Å². The SMILES string of the molecule is CCN1CCC(Nc2cc(COC)nc3ncnn23)C1c1cc(F)c(F)c(F)c1. The average Bonchev–Trinajstić information content (AvgIpc) is 3.32. The van der Waals surface area contributed by atoms with Crippen LogP contribution in [0.2, 0.25) is 0 Å². The Morgan fingerprint density at radius 3 is 2.66 bits per heavy atom. The monoisotopic (exact) mass is 406 g/mol. The molecular formula is C19H21F3N6O. The zero-order valence-corrected chi connectivity index (χ0v) is 16.1. The molecule has 154 valence electrons. The van der Waals surface area contributed by atoms with Crippen LogP contribution in [-0.4, -0.2) is 50.7 Å². The topological polar surface area (TPSA) is 67.6 Å². The third kappa shape index (κ3) is 3.65. The minimum absolute atomic E-state index is 0.176. The van der Waals surface area contributed by atoms with Crippen molar-refractivity contribution in [3.05, 3.63) is 53.2 Å². The van der Waals surface area contributed by atoms with Crippen LogP contribution in [0.5, 0.6) is 0 Å². The van der Waals surface area contributed by atoms with Crippen molar-refractivity contribution >= 4 is 11.6 Å². The molecule has 3 heterocycles.